The highest BCUT2D eigenvalue weighted by Crippen LogP contribution is 2.29. The molecule has 0 aliphatic rings. The quantitative estimate of drug-likeness (QED) is 0.791. The molecule has 0 N–H and O–H groups in total. The molecular weight excluding hydrogens is 273 g/mol. The van der Waals surface area contributed by atoms with Crippen LogP contribution in [-0.4, -0.2) is 18.1 Å². The summed E-state index contributed by atoms with van der Waals surface area (Å²) in [7, 11) is 1.35. The number of halogens is 2. The van der Waals surface area contributed by atoms with Crippen molar-refractivity contribution in [3.63, 3.8) is 0 Å². The SMILES string of the molecule is COC(=O)Cc1cc(C)c2c(Cl)cc(Cl)cc2n1. The summed E-state index contributed by atoms with van der Waals surface area (Å²) in [5.74, 6) is -0.325. The van der Waals surface area contributed by atoms with E-state index >= 15 is 0 Å². The van der Waals surface area contributed by atoms with Crippen LogP contribution in [0.5, 0.6) is 0 Å². The number of pyridine rings is 1. The molecule has 1 aromatic heterocycles. The highest BCUT2D eigenvalue weighted by molar-refractivity contribution is 6.38. The van der Waals surface area contributed by atoms with Crippen LogP contribution in [0, 0.1) is 6.92 Å². The fourth-order valence-electron chi connectivity index (χ4n) is 1.86. The van der Waals surface area contributed by atoms with Gasteiger partial charge in [0.15, 0.2) is 0 Å². The molecule has 0 saturated carbocycles. The third kappa shape index (κ3) is 2.57. The average Bonchev–Trinajstić information content (AvgIpc) is 2.26. The van der Waals surface area contributed by atoms with Crippen molar-refractivity contribution in [1.29, 1.82) is 0 Å². The Morgan fingerprint density at radius 3 is 2.72 bits per heavy atom. The van der Waals surface area contributed by atoms with Gasteiger partial charge in [0.1, 0.15) is 0 Å². The van der Waals surface area contributed by atoms with Gasteiger partial charge in [0, 0.05) is 10.4 Å². The van der Waals surface area contributed by atoms with E-state index in [1.165, 1.54) is 7.11 Å². The maximum absolute atomic E-state index is 11.2. The number of rotatable bonds is 2. The van der Waals surface area contributed by atoms with E-state index in [9.17, 15) is 4.79 Å². The predicted molar refractivity (Wildman–Crippen MR) is 72.2 cm³/mol. The largest absolute Gasteiger partial charge is 0.469 e. The Hall–Kier alpha value is -1.32. The van der Waals surface area contributed by atoms with Crippen LogP contribution >= 0.6 is 23.2 Å². The van der Waals surface area contributed by atoms with Crippen molar-refractivity contribution in [2.24, 2.45) is 0 Å². The van der Waals surface area contributed by atoms with Gasteiger partial charge in [-0.2, -0.15) is 0 Å². The topological polar surface area (TPSA) is 39.2 Å². The minimum Gasteiger partial charge on any atom is -0.469 e. The van der Waals surface area contributed by atoms with Crippen LogP contribution in [0.15, 0.2) is 18.2 Å². The Morgan fingerprint density at radius 2 is 2.06 bits per heavy atom. The first kappa shape index (κ1) is 13.1. The Kier molecular flexibility index (Phi) is 3.73. The molecule has 0 bridgehead atoms. The Balaban J connectivity index is 2.58. The molecule has 5 heteroatoms. The molecule has 0 aliphatic carbocycles. The highest BCUT2D eigenvalue weighted by Gasteiger charge is 2.10. The molecule has 0 saturated heterocycles. The first-order chi connectivity index (χ1) is 8.51. The van der Waals surface area contributed by atoms with Gasteiger partial charge in [-0.1, -0.05) is 23.2 Å². The van der Waals surface area contributed by atoms with Gasteiger partial charge < -0.3 is 4.74 Å². The minimum atomic E-state index is -0.325. The lowest BCUT2D eigenvalue weighted by atomic mass is 10.1. The van der Waals surface area contributed by atoms with Crippen LogP contribution < -0.4 is 0 Å². The highest BCUT2D eigenvalue weighted by atomic mass is 35.5. The Morgan fingerprint density at radius 1 is 1.33 bits per heavy atom. The summed E-state index contributed by atoms with van der Waals surface area (Å²) >= 11 is 12.1. The molecule has 0 atom stereocenters. The summed E-state index contributed by atoms with van der Waals surface area (Å²) in [6, 6.07) is 5.25. The smallest absolute Gasteiger partial charge is 0.311 e. The van der Waals surface area contributed by atoms with Crippen LogP contribution in [0.25, 0.3) is 10.9 Å². The minimum absolute atomic E-state index is 0.136. The summed E-state index contributed by atoms with van der Waals surface area (Å²) in [4.78, 5) is 15.6. The number of carbonyl (C=O) groups excluding carboxylic acids is 1. The van der Waals surface area contributed by atoms with Crippen LogP contribution in [0.3, 0.4) is 0 Å². The zero-order valence-corrected chi connectivity index (χ0v) is 11.5. The second-order valence-electron chi connectivity index (χ2n) is 3.97. The maximum Gasteiger partial charge on any atom is 0.311 e. The fourth-order valence-corrected chi connectivity index (χ4v) is 2.49. The molecule has 0 spiro atoms. The summed E-state index contributed by atoms with van der Waals surface area (Å²) in [5, 5.41) is 1.94. The Bertz CT molecular complexity index is 626. The number of hydrogen-bond acceptors (Lipinski definition) is 3. The number of benzene rings is 1. The van der Waals surface area contributed by atoms with E-state index in [1.54, 1.807) is 12.1 Å². The number of carbonyl (C=O) groups is 1. The Labute approximate surface area is 115 Å². The molecular formula is C13H11Cl2NO2. The molecule has 1 heterocycles. The third-order valence-electron chi connectivity index (χ3n) is 2.63. The summed E-state index contributed by atoms with van der Waals surface area (Å²) in [6.07, 6.45) is 0.136. The maximum atomic E-state index is 11.2. The van der Waals surface area contributed by atoms with E-state index < -0.39 is 0 Å². The zero-order chi connectivity index (χ0) is 13.3. The number of fused-ring (bicyclic) bond motifs is 1. The molecule has 0 aliphatic heterocycles. The molecule has 0 unspecified atom stereocenters. The first-order valence-corrected chi connectivity index (χ1v) is 6.09. The number of aromatic nitrogens is 1. The lowest BCUT2D eigenvalue weighted by Gasteiger charge is -2.08. The third-order valence-corrected chi connectivity index (χ3v) is 3.15. The van der Waals surface area contributed by atoms with Crippen molar-refractivity contribution >= 4 is 40.1 Å². The van der Waals surface area contributed by atoms with Crippen molar-refractivity contribution in [3.05, 3.63) is 39.5 Å². The van der Waals surface area contributed by atoms with Crippen molar-refractivity contribution in [2.75, 3.05) is 7.11 Å². The molecule has 94 valence electrons. The molecule has 1 aromatic carbocycles. The van der Waals surface area contributed by atoms with Crippen molar-refractivity contribution in [2.45, 2.75) is 13.3 Å². The zero-order valence-electron chi connectivity index (χ0n) is 9.96. The molecule has 0 amide bonds. The van der Waals surface area contributed by atoms with E-state index in [1.807, 2.05) is 13.0 Å². The van der Waals surface area contributed by atoms with E-state index in [-0.39, 0.29) is 12.4 Å². The van der Waals surface area contributed by atoms with E-state index in [0.29, 0.717) is 21.3 Å². The second kappa shape index (κ2) is 5.12. The van der Waals surface area contributed by atoms with Crippen LogP contribution in [0.2, 0.25) is 10.0 Å². The summed E-state index contributed by atoms with van der Waals surface area (Å²) in [6.45, 7) is 1.92. The number of esters is 1. The first-order valence-electron chi connectivity index (χ1n) is 5.33. The molecule has 2 rings (SSSR count). The molecule has 2 aromatic rings. The van der Waals surface area contributed by atoms with Crippen LogP contribution in [0.1, 0.15) is 11.3 Å². The molecule has 3 nitrogen and oxygen atoms in total. The lowest BCUT2D eigenvalue weighted by molar-refractivity contribution is -0.139. The van der Waals surface area contributed by atoms with Crippen molar-refractivity contribution < 1.29 is 9.53 Å². The molecule has 18 heavy (non-hydrogen) atoms. The summed E-state index contributed by atoms with van der Waals surface area (Å²) in [5.41, 5.74) is 2.29. The van der Waals surface area contributed by atoms with Gasteiger partial charge in [-0.3, -0.25) is 9.78 Å². The number of ether oxygens (including phenoxy) is 1. The van der Waals surface area contributed by atoms with Gasteiger partial charge in [0.05, 0.1) is 29.8 Å². The second-order valence-corrected chi connectivity index (χ2v) is 4.81. The van der Waals surface area contributed by atoms with Gasteiger partial charge in [0.2, 0.25) is 0 Å². The van der Waals surface area contributed by atoms with Gasteiger partial charge in [0.25, 0.3) is 0 Å². The summed E-state index contributed by atoms with van der Waals surface area (Å²) < 4.78 is 4.62. The number of aryl methyl sites for hydroxylation is 1. The van der Waals surface area contributed by atoms with Gasteiger partial charge in [-0.05, 0) is 30.7 Å². The van der Waals surface area contributed by atoms with Crippen molar-refractivity contribution in [1.82, 2.24) is 4.98 Å². The lowest BCUT2D eigenvalue weighted by Crippen LogP contribution is -2.06. The number of hydrogen-bond donors (Lipinski definition) is 0. The van der Waals surface area contributed by atoms with Gasteiger partial charge in [-0.15, -0.1) is 0 Å². The number of methoxy groups -OCH3 is 1. The van der Waals surface area contributed by atoms with E-state index in [2.05, 4.69) is 9.72 Å². The van der Waals surface area contributed by atoms with Crippen LogP contribution in [-0.2, 0) is 16.0 Å². The van der Waals surface area contributed by atoms with Crippen molar-refractivity contribution in [3.8, 4) is 0 Å². The number of nitrogens with zero attached hydrogens (tertiary/aromatic N) is 1. The van der Waals surface area contributed by atoms with E-state index in [0.717, 1.165) is 10.9 Å². The fraction of sp³-hybridized carbons (Fsp3) is 0.231. The molecule has 0 fully saturated rings. The average molecular weight is 284 g/mol. The van der Waals surface area contributed by atoms with Gasteiger partial charge >= 0.3 is 5.97 Å². The van der Waals surface area contributed by atoms with Crippen LogP contribution in [0.4, 0.5) is 0 Å². The standard InChI is InChI=1S/C13H11Cl2NO2/c1-7-3-9(6-12(17)18-2)16-11-5-8(14)4-10(15)13(7)11/h3-5H,6H2,1-2H3. The van der Waals surface area contributed by atoms with Gasteiger partial charge in [-0.25, -0.2) is 0 Å². The normalized spacial score (nSPS) is 10.7. The monoisotopic (exact) mass is 283 g/mol. The predicted octanol–water partition coefficient (Wildman–Crippen LogP) is 3.57. The molecule has 0 radical (unpaired) electrons. The van der Waals surface area contributed by atoms with E-state index in [4.69, 9.17) is 23.2 Å².